The first-order chi connectivity index (χ1) is 8.95. The number of halogens is 2. The number of nitro benzene ring substituents is 1. The van der Waals surface area contributed by atoms with Crippen molar-refractivity contribution in [1.82, 2.24) is 0 Å². The highest BCUT2D eigenvalue weighted by Gasteiger charge is 2.18. The van der Waals surface area contributed by atoms with Gasteiger partial charge in [0.2, 0.25) is 0 Å². The first kappa shape index (κ1) is 17.8. The van der Waals surface area contributed by atoms with Crippen LogP contribution in [-0.2, 0) is 4.79 Å². The molecule has 0 aromatic heterocycles. The number of aliphatic carboxylic acids is 1. The number of rotatable bonds is 7. The first-order valence-electron chi connectivity index (χ1n) is 5.23. The Kier molecular flexibility index (Phi) is 7.16. The van der Waals surface area contributed by atoms with Crippen molar-refractivity contribution in [3.05, 3.63) is 33.6 Å². The molecule has 0 atom stereocenters. The molecule has 1 aromatic rings. The third-order valence-corrected chi connectivity index (χ3v) is 2.20. The molecule has 0 aliphatic rings. The Labute approximate surface area is 118 Å². The lowest BCUT2D eigenvalue weighted by molar-refractivity contribution is -0.385. The lowest BCUT2D eigenvalue weighted by Crippen LogP contribution is -2.04. The van der Waals surface area contributed by atoms with Gasteiger partial charge in [-0.2, -0.15) is 0 Å². The van der Waals surface area contributed by atoms with Gasteiger partial charge in [-0.25, -0.2) is 4.39 Å². The summed E-state index contributed by atoms with van der Waals surface area (Å²) in [6.45, 7) is -0.0964. The summed E-state index contributed by atoms with van der Waals surface area (Å²) in [6, 6.07) is 1.51. The van der Waals surface area contributed by atoms with Gasteiger partial charge in [0.05, 0.1) is 23.2 Å². The van der Waals surface area contributed by atoms with Gasteiger partial charge in [-0.1, -0.05) is 0 Å². The fourth-order valence-electron chi connectivity index (χ4n) is 1.33. The minimum atomic E-state index is -1.02. The van der Waals surface area contributed by atoms with Crippen LogP contribution in [0.25, 0.3) is 0 Å². The van der Waals surface area contributed by atoms with Gasteiger partial charge in [-0.15, -0.1) is 12.4 Å². The second-order valence-corrected chi connectivity index (χ2v) is 3.56. The van der Waals surface area contributed by atoms with Crippen LogP contribution in [0, 0.1) is 15.9 Å². The molecular formula is C11H11ClFNO6. The minimum Gasteiger partial charge on any atom is -0.490 e. The van der Waals surface area contributed by atoms with E-state index in [0.29, 0.717) is 6.07 Å². The second kappa shape index (κ2) is 8.05. The van der Waals surface area contributed by atoms with Gasteiger partial charge >= 0.3 is 5.97 Å². The number of hydrogen-bond donors (Lipinski definition) is 1. The molecule has 0 fully saturated rings. The van der Waals surface area contributed by atoms with E-state index >= 15 is 0 Å². The van der Waals surface area contributed by atoms with Crippen molar-refractivity contribution in [2.45, 2.75) is 12.8 Å². The van der Waals surface area contributed by atoms with Crippen LogP contribution in [0.4, 0.5) is 10.1 Å². The molecule has 1 aromatic carbocycles. The lowest BCUT2D eigenvalue weighted by atomic mass is 10.2. The van der Waals surface area contributed by atoms with Crippen molar-refractivity contribution in [3.8, 4) is 5.75 Å². The smallest absolute Gasteiger partial charge is 0.303 e. The Morgan fingerprint density at radius 1 is 1.50 bits per heavy atom. The van der Waals surface area contributed by atoms with Gasteiger partial charge in [0.25, 0.3) is 5.69 Å². The van der Waals surface area contributed by atoms with Crippen LogP contribution in [0.1, 0.15) is 23.2 Å². The molecule has 0 aliphatic carbocycles. The number of aldehydes is 1. The molecule has 110 valence electrons. The number of carbonyl (C=O) groups excluding carboxylic acids is 1. The summed E-state index contributed by atoms with van der Waals surface area (Å²) < 4.78 is 18.4. The van der Waals surface area contributed by atoms with E-state index in [-0.39, 0.29) is 49.5 Å². The maximum Gasteiger partial charge on any atom is 0.303 e. The normalized spacial score (nSPS) is 9.45. The van der Waals surface area contributed by atoms with Gasteiger partial charge in [-0.3, -0.25) is 19.7 Å². The summed E-state index contributed by atoms with van der Waals surface area (Å²) in [5.74, 6) is -2.32. The van der Waals surface area contributed by atoms with E-state index in [0.717, 1.165) is 6.07 Å². The van der Waals surface area contributed by atoms with Crippen molar-refractivity contribution in [3.63, 3.8) is 0 Å². The van der Waals surface area contributed by atoms with Crippen molar-refractivity contribution in [2.24, 2.45) is 0 Å². The Hall–Kier alpha value is -2.22. The highest BCUT2D eigenvalue weighted by molar-refractivity contribution is 5.85. The highest BCUT2D eigenvalue weighted by atomic mass is 35.5. The van der Waals surface area contributed by atoms with Crippen molar-refractivity contribution in [2.75, 3.05) is 6.61 Å². The van der Waals surface area contributed by atoms with E-state index in [1.165, 1.54) is 0 Å². The number of hydrogen-bond acceptors (Lipinski definition) is 5. The number of benzene rings is 1. The third kappa shape index (κ3) is 4.81. The Morgan fingerprint density at radius 3 is 2.65 bits per heavy atom. The molecule has 0 amide bonds. The highest BCUT2D eigenvalue weighted by Crippen LogP contribution is 2.27. The molecule has 0 unspecified atom stereocenters. The van der Waals surface area contributed by atoms with E-state index in [2.05, 4.69) is 0 Å². The fourth-order valence-corrected chi connectivity index (χ4v) is 1.33. The molecule has 1 rings (SSSR count). The number of ether oxygens (including phenoxy) is 1. The zero-order valence-electron chi connectivity index (χ0n) is 10.1. The minimum absolute atomic E-state index is 0. The topological polar surface area (TPSA) is 107 Å². The summed E-state index contributed by atoms with van der Waals surface area (Å²) in [6.07, 6.45) is 0.156. The van der Waals surface area contributed by atoms with Gasteiger partial charge < -0.3 is 9.84 Å². The summed E-state index contributed by atoms with van der Waals surface area (Å²) in [5.41, 5.74) is -0.954. The maximum atomic E-state index is 13.4. The van der Waals surface area contributed by atoms with Gasteiger partial charge in [0.15, 0.2) is 17.9 Å². The Bertz CT molecular complexity index is 522. The standard InChI is InChI=1S/C11H10FNO6.ClH/c12-8-4-7(6-14)9(13(17)18)5-10(8)19-3-1-2-11(15)16;/h4-6H,1-3H2,(H,15,16);1H. The molecule has 9 heteroatoms. The van der Waals surface area contributed by atoms with Crippen LogP contribution in [0.2, 0.25) is 0 Å². The Balaban J connectivity index is 0.00000361. The molecule has 0 aliphatic heterocycles. The molecule has 1 N–H and O–H groups in total. The van der Waals surface area contributed by atoms with Crippen LogP contribution < -0.4 is 4.74 Å². The number of nitrogens with zero attached hydrogens (tertiary/aromatic N) is 1. The SMILES string of the molecule is Cl.O=Cc1cc(F)c(OCCCC(=O)O)cc1[N+](=O)[O-]. The number of nitro groups is 1. The van der Waals surface area contributed by atoms with Crippen LogP contribution in [0.3, 0.4) is 0 Å². The molecule has 0 saturated carbocycles. The molecule has 0 saturated heterocycles. The lowest BCUT2D eigenvalue weighted by Gasteiger charge is -2.07. The van der Waals surface area contributed by atoms with Gasteiger partial charge in [0.1, 0.15) is 0 Å². The Morgan fingerprint density at radius 2 is 2.15 bits per heavy atom. The molecule has 20 heavy (non-hydrogen) atoms. The van der Waals surface area contributed by atoms with Crippen molar-refractivity contribution in [1.29, 1.82) is 0 Å². The van der Waals surface area contributed by atoms with Crippen LogP contribution in [0.15, 0.2) is 12.1 Å². The van der Waals surface area contributed by atoms with Gasteiger partial charge in [-0.05, 0) is 12.5 Å². The van der Waals surface area contributed by atoms with Crippen LogP contribution in [0.5, 0.6) is 5.75 Å². The average Bonchev–Trinajstić information content (AvgIpc) is 2.34. The molecule has 7 nitrogen and oxygen atoms in total. The average molecular weight is 308 g/mol. The molecule has 0 heterocycles. The van der Waals surface area contributed by atoms with Crippen molar-refractivity contribution >= 4 is 30.3 Å². The molecule has 0 radical (unpaired) electrons. The maximum absolute atomic E-state index is 13.4. The summed E-state index contributed by atoms with van der Waals surface area (Å²) in [7, 11) is 0. The van der Waals surface area contributed by atoms with E-state index in [9.17, 15) is 24.1 Å². The first-order valence-corrected chi connectivity index (χ1v) is 5.23. The molecular weight excluding hydrogens is 297 g/mol. The number of carboxylic acids is 1. The zero-order chi connectivity index (χ0) is 14.4. The molecule has 0 spiro atoms. The van der Waals surface area contributed by atoms with Crippen LogP contribution >= 0.6 is 12.4 Å². The largest absolute Gasteiger partial charge is 0.490 e. The van der Waals surface area contributed by atoms with Gasteiger partial charge in [0, 0.05) is 6.42 Å². The fraction of sp³-hybridized carbons (Fsp3) is 0.273. The summed E-state index contributed by atoms with van der Waals surface area (Å²) in [4.78, 5) is 30.6. The summed E-state index contributed by atoms with van der Waals surface area (Å²) in [5, 5.41) is 19.0. The predicted octanol–water partition coefficient (Wildman–Crippen LogP) is 2.21. The monoisotopic (exact) mass is 307 g/mol. The predicted molar refractivity (Wildman–Crippen MR) is 68.1 cm³/mol. The number of carboxylic acid groups (broad SMARTS) is 1. The van der Waals surface area contributed by atoms with E-state index in [1.807, 2.05) is 0 Å². The zero-order valence-corrected chi connectivity index (χ0v) is 10.9. The van der Waals surface area contributed by atoms with E-state index in [1.54, 1.807) is 0 Å². The summed E-state index contributed by atoms with van der Waals surface area (Å²) >= 11 is 0. The molecule has 0 bridgehead atoms. The quantitative estimate of drug-likeness (QED) is 0.358. The third-order valence-electron chi connectivity index (χ3n) is 2.20. The van der Waals surface area contributed by atoms with Crippen LogP contribution in [-0.4, -0.2) is 28.9 Å². The van der Waals surface area contributed by atoms with E-state index in [4.69, 9.17) is 9.84 Å². The number of carbonyl (C=O) groups is 2. The van der Waals surface area contributed by atoms with E-state index < -0.39 is 22.4 Å². The second-order valence-electron chi connectivity index (χ2n) is 3.56. The van der Waals surface area contributed by atoms with Crippen molar-refractivity contribution < 1.29 is 28.7 Å².